The van der Waals surface area contributed by atoms with E-state index >= 15 is 0 Å². The van der Waals surface area contributed by atoms with Crippen molar-refractivity contribution in [2.75, 3.05) is 0 Å². The van der Waals surface area contributed by atoms with Crippen molar-refractivity contribution < 1.29 is 4.79 Å². The first kappa shape index (κ1) is 10.0. The molecule has 0 amide bonds. The lowest BCUT2D eigenvalue weighted by Gasteiger charge is -2.00. The Morgan fingerprint density at radius 1 is 1.38 bits per heavy atom. The van der Waals surface area contributed by atoms with E-state index < -0.39 is 5.24 Å². The van der Waals surface area contributed by atoms with Crippen LogP contribution in [-0.2, 0) is 4.79 Å². The summed E-state index contributed by atoms with van der Waals surface area (Å²) in [6.07, 6.45) is 3.09. The van der Waals surface area contributed by atoms with Gasteiger partial charge in [0.15, 0.2) is 0 Å². The molecular formula is C11H11ClO. The highest BCUT2D eigenvalue weighted by Crippen LogP contribution is 2.12. The third kappa shape index (κ3) is 3.03. The van der Waals surface area contributed by atoms with Crippen molar-refractivity contribution in [1.29, 1.82) is 0 Å². The molecule has 0 saturated heterocycles. The van der Waals surface area contributed by atoms with Gasteiger partial charge in [0, 0.05) is 0 Å². The summed E-state index contributed by atoms with van der Waals surface area (Å²) < 4.78 is 0. The number of rotatable bonds is 2. The molecular weight excluding hydrogens is 184 g/mol. The summed E-state index contributed by atoms with van der Waals surface area (Å²) in [7, 11) is 0. The molecule has 0 radical (unpaired) electrons. The second-order valence-electron chi connectivity index (χ2n) is 3.00. The quantitative estimate of drug-likeness (QED) is 0.523. The van der Waals surface area contributed by atoms with Crippen molar-refractivity contribution in [2.45, 2.75) is 13.8 Å². The van der Waals surface area contributed by atoms with Gasteiger partial charge in [-0.3, -0.25) is 4.79 Å². The van der Waals surface area contributed by atoms with Gasteiger partial charge in [0.1, 0.15) is 0 Å². The molecule has 1 aromatic carbocycles. The number of aryl methyl sites for hydroxylation is 2. The fraction of sp³-hybridized carbons (Fsp3) is 0.182. The molecule has 2 heteroatoms. The lowest BCUT2D eigenvalue weighted by atomic mass is 10.1. The van der Waals surface area contributed by atoms with Gasteiger partial charge in [-0.25, -0.2) is 0 Å². The maximum Gasteiger partial charge on any atom is 0.245 e. The number of allylic oxidation sites excluding steroid dienone is 1. The van der Waals surface area contributed by atoms with Gasteiger partial charge < -0.3 is 0 Å². The van der Waals surface area contributed by atoms with E-state index in [1.165, 1.54) is 11.6 Å². The van der Waals surface area contributed by atoms with Crippen LogP contribution in [0.3, 0.4) is 0 Å². The molecule has 0 aliphatic heterocycles. The minimum absolute atomic E-state index is 0.444. The maximum absolute atomic E-state index is 10.5. The Morgan fingerprint density at radius 3 is 2.62 bits per heavy atom. The molecule has 0 bridgehead atoms. The summed E-state index contributed by atoms with van der Waals surface area (Å²) in [5.41, 5.74) is 3.39. The van der Waals surface area contributed by atoms with Gasteiger partial charge in [0.2, 0.25) is 5.24 Å². The summed E-state index contributed by atoms with van der Waals surface area (Å²) >= 11 is 5.19. The normalized spacial score (nSPS) is 10.7. The molecule has 1 aromatic rings. The molecule has 1 rings (SSSR count). The molecule has 0 spiro atoms. The van der Waals surface area contributed by atoms with E-state index in [9.17, 15) is 4.79 Å². The van der Waals surface area contributed by atoms with Gasteiger partial charge in [0.25, 0.3) is 0 Å². The highest BCUT2D eigenvalue weighted by Gasteiger charge is 1.94. The number of halogens is 1. The van der Waals surface area contributed by atoms with Crippen molar-refractivity contribution in [3.05, 3.63) is 41.0 Å². The zero-order valence-corrected chi connectivity index (χ0v) is 8.43. The molecule has 0 aromatic heterocycles. The number of hydrogen-bond acceptors (Lipinski definition) is 1. The summed E-state index contributed by atoms with van der Waals surface area (Å²) in [5.74, 6) is 0. The van der Waals surface area contributed by atoms with Gasteiger partial charge in [0.05, 0.1) is 0 Å². The first-order chi connectivity index (χ1) is 6.09. The predicted molar refractivity (Wildman–Crippen MR) is 55.8 cm³/mol. The smallest absolute Gasteiger partial charge is 0.245 e. The molecule has 0 heterocycles. The molecule has 0 unspecified atom stereocenters. The van der Waals surface area contributed by atoms with Crippen molar-refractivity contribution in [2.24, 2.45) is 0 Å². The van der Waals surface area contributed by atoms with Crippen LogP contribution in [-0.4, -0.2) is 5.24 Å². The maximum atomic E-state index is 10.5. The van der Waals surface area contributed by atoms with Crippen LogP contribution in [0.15, 0.2) is 24.3 Å². The van der Waals surface area contributed by atoms with E-state index in [1.807, 2.05) is 26.0 Å². The molecule has 1 nitrogen and oxygen atoms in total. The molecule has 0 fully saturated rings. The van der Waals surface area contributed by atoms with Crippen molar-refractivity contribution in [3.63, 3.8) is 0 Å². The van der Waals surface area contributed by atoms with Crippen molar-refractivity contribution in [3.8, 4) is 0 Å². The fourth-order valence-electron chi connectivity index (χ4n) is 1.17. The molecule has 0 saturated carbocycles. The van der Waals surface area contributed by atoms with Crippen LogP contribution in [0.2, 0.25) is 0 Å². The average molecular weight is 195 g/mol. The Morgan fingerprint density at radius 2 is 2.08 bits per heavy atom. The monoisotopic (exact) mass is 194 g/mol. The predicted octanol–water partition coefficient (Wildman–Crippen LogP) is 3.08. The van der Waals surface area contributed by atoms with Crippen molar-refractivity contribution in [1.82, 2.24) is 0 Å². The highest BCUT2D eigenvalue weighted by atomic mass is 35.5. The Hall–Kier alpha value is -1.08. The Balaban J connectivity index is 2.96. The Kier molecular flexibility index (Phi) is 3.26. The molecule has 0 aliphatic rings. The lowest BCUT2D eigenvalue weighted by Crippen LogP contribution is -1.83. The third-order valence-electron chi connectivity index (χ3n) is 1.82. The Labute approximate surface area is 83.0 Å². The van der Waals surface area contributed by atoms with Crippen LogP contribution in [0, 0.1) is 13.8 Å². The molecule has 0 N–H and O–H groups in total. The first-order valence-corrected chi connectivity index (χ1v) is 4.42. The van der Waals surface area contributed by atoms with Gasteiger partial charge in [-0.15, -0.1) is 0 Å². The van der Waals surface area contributed by atoms with E-state index in [4.69, 9.17) is 11.6 Å². The van der Waals surface area contributed by atoms with Crippen LogP contribution in [0.1, 0.15) is 16.7 Å². The van der Waals surface area contributed by atoms with Crippen LogP contribution >= 0.6 is 11.6 Å². The van der Waals surface area contributed by atoms with Gasteiger partial charge in [-0.05, 0) is 48.7 Å². The van der Waals surface area contributed by atoms with Crippen LogP contribution in [0.25, 0.3) is 6.08 Å². The highest BCUT2D eigenvalue weighted by molar-refractivity contribution is 6.66. The number of carbonyl (C=O) groups excluding carboxylic acids is 1. The number of hydrogen-bond donors (Lipinski definition) is 0. The number of benzene rings is 1. The number of carbonyl (C=O) groups is 1. The van der Waals surface area contributed by atoms with E-state index in [1.54, 1.807) is 6.08 Å². The van der Waals surface area contributed by atoms with Gasteiger partial charge in [-0.2, -0.15) is 0 Å². The zero-order valence-electron chi connectivity index (χ0n) is 7.67. The van der Waals surface area contributed by atoms with Crippen LogP contribution in [0.5, 0.6) is 0 Å². The fourth-order valence-corrected chi connectivity index (χ4v) is 1.23. The summed E-state index contributed by atoms with van der Waals surface area (Å²) in [5, 5.41) is -0.444. The minimum Gasteiger partial charge on any atom is -0.276 e. The van der Waals surface area contributed by atoms with Crippen LogP contribution in [0.4, 0.5) is 0 Å². The minimum atomic E-state index is -0.444. The van der Waals surface area contributed by atoms with Gasteiger partial charge in [-0.1, -0.05) is 23.8 Å². The second-order valence-corrected chi connectivity index (χ2v) is 3.37. The van der Waals surface area contributed by atoms with E-state index in [2.05, 4.69) is 6.07 Å². The standard InChI is InChI=1S/C11H11ClO/c1-8-3-4-10(9(2)7-8)5-6-11(12)13/h3-7H,1-2H3. The topological polar surface area (TPSA) is 17.1 Å². The molecule has 13 heavy (non-hydrogen) atoms. The summed E-state index contributed by atoms with van der Waals surface area (Å²) in [6.45, 7) is 4.04. The molecule has 68 valence electrons. The largest absolute Gasteiger partial charge is 0.276 e. The molecule has 0 atom stereocenters. The third-order valence-corrected chi connectivity index (χ3v) is 1.95. The zero-order chi connectivity index (χ0) is 9.84. The van der Waals surface area contributed by atoms with Crippen molar-refractivity contribution >= 4 is 22.9 Å². The van der Waals surface area contributed by atoms with E-state index in [0.717, 1.165) is 11.1 Å². The van der Waals surface area contributed by atoms with E-state index in [0.29, 0.717) is 0 Å². The van der Waals surface area contributed by atoms with E-state index in [-0.39, 0.29) is 0 Å². The summed E-state index contributed by atoms with van der Waals surface area (Å²) in [4.78, 5) is 10.5. The Bertz CT molecular complexity index is 353. The average Bonchev–Trinajstić information content (AvgIpc) is 2.02. The lowest BCUT2D eigenvalue weighted by molar-refractivity contribution is -0.107. The summed E-state index contributed by atoms with van der Waals surface area (Å²) in [6, 6.07) is 6.05. The van der Waals surface area contributed by atoms with Crippen LogP contribution < -0.4 is 0 Å². The molecule has 0 aliphatic carbocycles. The second kappa shape index (κ2) is 4.24. The van der Waals surface area contributed by atoms with Gasteiger partial charge >= 0.3 is 0 Å². The SMILES string of the molecule is Cc1ccc(C=CC(=O)Cl)c(C)c1. The first-order valence-electron chi connectivity index (χ1n) is 4.04.